The Morgan fingerprint density at radius 1 is 0.407 bits per heavy atom. The van der Waals surface area contributed by atoms with E-state index in [1.165, 1.54) is 193 Å². The number of hydrogen-bond acceptors (Lipinski definition) is 3. The highest BCUT2D eigenvalue weighted by Gasteiger charge is 2.17. The molecule has 2 atom stereocenters. The minimum atomic E-state index is -0.876. The first kappa shape index (κ1) is 57.1. The Labute approximate surface area is 368 Å². The maximum absolute atomic E-state index is 12.4. The van der Waals surface area contributed by atoms with Crippen LogP contribution < -0.4 is 5.32 Å². The summed E-state index contributed by atoms with van der Waals surface area (Å²) < 4.78 is 0. The summed E-state index contributed by atoms with van der Waals surface area (Å²) in [7, 11) is 0. The third-order valence-electron chi connectivity index (χ3n) is 11.7. The van der Waals surface area contributed by atoms with Gasteiger partial charge in [-0.1, -0.05) is 242 Å². The van der Waals surface area contributed by atoms with Crippen molar-refractivity contribution in [2.75, 3.05) is 6.61 Å². The minimum absolute atomic E-state index is 0.0859. The van der Waals surface area contributed by atoms with Gasteiger partial charge in [-0.3, -0.25) is 4.79 Å². The maximum atomic E-state index is 12.4. The van der Waals surface area contributed by atoms with Crippen LogP contribution >= 0.6 is 0 Å². The molecule has 0 aromatic carbocycles. The van der Waals surface area contributed by atoms with Crippen LogP contribution in [0.3, 0.4) is 0 Å². The number of unbranched alkanes of at least 4 members (excludes halogenated alkanes) is 32. The molecule has 344 valence electrons. The molecule has 0 aromatic rings. The Kier molecular flexibility index (Phi) is 48.8. The van der Waals surface area contributed by atoms with Crippen molar-refractivity contribution in [1.82, 2.24) is 5.32 Å². The summed E-state index contributed by atoms with van der Waals surface area (Å²) in [5, 5.41) is 23.1. The summed E-state index contributed by atoms with van der Waals surface area (Å²) in [5.74, 6) is -0.0859. The molecule has 0 aliphatic heterocycles. The third kappa shape index (κ3) is 47.0. The van der Waals surface area contributed by atoms with Gasteiger partial charge in [-0.25, -0.2) is 0 Å². The molecule has 0 bridgehead atoms. The van der Waals surface area contributed by atoms with Gasteiger partial charge in [-0.05, 0) is 77.0 Å². The summed E-state index contributed by atoms with van der Waals surface area (Å²) in [6.07, 6.45) is 70.8. The average molecular weight is 824 g/mol. The first-order valence-electron chi connectivity index (χ1n) is 26.0. The van der Waals surface area contributed by atoms with Crippen molar-refractivity contribution in [2.45, 2.75) is 276 Å². The molecule has 4 heteroatoms. The molecule has 4 nitrogen and oxygen atoms in total. The Balaban J connectivity index is 3.59. The molecule has 3 N–H and O–H groups in total. The molecule has 0 aliphatic rings. The molecule has 0 heterocycles. The van der Waals surface area contributed by atoms with E-state index in [0.29, 0.717) is 6.42 Å². The maximum Gasteiger partial charge on any atom is 0.220 e. The lowest BCUT2D eigenvalue weighted by atomic mass is 10.0. The molecule has 0 radical (unpaired) electrons. The molecule has 0 rings (SSSR count). The van der Waals surface area contributed by atoms with Crippen LogP contribution in [0.25, 0.3) is 0 Å². The van der Waals surface area contributed by atoms with Gasteiger partial charge in [0.1, 0.15) is 0 Å². The fourth-order valence-electron chi connectivity index (χ4n) is 7.71. The van der Waals surface area contributed by atoms with Crippen molar-refractivity contribution < 1.29 is 15.0 Å². The van der Waals surface area contributed by atoms with Crippen LogP contribution in [0.2, 0.25) is 0 Å². The second-order valence-electron chi connectivity index (χ2n) is 17.6. The van der Waals surface area contributed by atoms with Gasteiger partial charge in [0.2, 0.25) is 5.91 Å². The summed E-state index contributed by atoms with van der Waals surface area (Å²) in [4.78, 5) is 12.4. The second kappa shape index (κ2) is 50.4. The molecular formula is C55H101NO3. The topological polar surface area (TPSA) is 69.6 Å². The standard InChI is InChI=1S/C55H101NO3/c1-3-5-7-9-11-13-15-17-19-21-23-24-25-26-27-28-29-30-31-32-33-34-36-38-40-42-44-46-48-50-54(58)53(52-57)56-55(59)51-49-47-45-43-41-39-37-35-22-20-18-16-14-12-10-8-6-4-2/h14,16,20,22,33-34,40,42,48,50,53-54,57-58H,3-13,15,17-19,21,23-32,35-39,41,43-47,49,51-52H2,1-2H3,(H,56,59)/b16-14-,22-20-,34-33+,42-40+,50-48+. The number of carbonyl (C=O) groups excluding carboxylic acids is 1. The first-order chi connectivity index (χ1) is 29.2. The van der Waals surface area contributed by atoms with Crippen LogP contribution in [0.15, 0.2) is 60.8 Å². The van der Waals surface area contributed by atoms with E-state index >= 15 is 0 Å². The molecule has 59 heavy (non-hydrogen) atoms. The van der Waals surface area contributed by atoms with Crippen molar-refractivity contribution in [1.29, 1.82) is 0 Å². The van der Waals surface area contributed by atoms with Gasteiger partial charge >= 0.3 is 0 Å². The number of aliphatic hydroxyl groups is 2. The van der Waals surface area contributed by atoms with E-state index in [4.69, 9.17) is 0 Å². The summed E-state index contributed by atoms with van der Waals surface area (Å²) in [6.45, 7) is 4.29. The predicted octanol–water partition coefficient (Wildman–Crippen LogP) is 16.9. The van der Waals surface area contributed by atoms with Crippen LogP contribution in [0.1, 0.15) is 264 Å². The van der Waals surface area contributed by atoms with E-state index in [1.807, 2.05) is 6.08 Å². The van der Waals surface area contributed by atoms with Crippen molar-refractivity contribution in [3.05, 3.63) is 60.8 Å². The zero-order valence-corrected chi connectivity index (χ0v) is 39.5. The van der Waals surface area contributed by atoms with E-state index in [-0.39, 0.29) is 12.5 Å². The number of nitrogens with one attached hydrogen (secondary N) is 1. The number of hydrogen-bond donors (Lipinski definition) is 3. The molecule has 0 saturated heterocycles. The molecule has 2 unspecified atom stereocenters. The SMILES string of the molecule is CCCCCC/C=C\C/C=C\CCCCCCCCCC(=O)NC(CO)C(O)/C=C/CC/C=C/CC/C=C/CCCCCCCCCCCCCCCCCCCCC. The van der Waals surface area contributed by atoms with Crippen molar-refractivity contribution >= 4 is 5.91 Å². The van der Waals surface area contributed by atoms with Gasteiger partial charge in [0, 0.05) is 6.42 Å². The Hall–Kier alpha value is -1.91. The van der Waals surface area contributed by atoms with Crippen LogP contribution in [0.5, 0.6) is 0 Å². The average Bonchev–Trinajstić information content (AvgIpc) is 3.24. The van der Waals surface area contributed by atoms with Crippen molar-refractivity contribution in [3.63, 3.8) is 0 Å². The van der Waals surface area contributed by atoms with Gasteiger partial charge in [0.25, 0.3) is 0 Å². The van der Waals surface area contributed by atoms with E-state index in [2.05, 4.69) is 67.8 Å². The summed E-state index contributed by atoms with van der Waals surface area (Å²) in [6, 6.07) is -0.652. The Morgan fingerprint density at radius 2 is 0.712 bits per heavy atom. The lowest BCUT2D eigenvalue weighted by Crippen LogP contribution is -2.45. The number of carbonyl (C=O) groups is 1. The fraction of sp³-hybridized carbons (Fsp3) is 0.800. The van der Waals surface area contributed by atoms with Gasteiger partial charge in [-0.15, -0.1) is 0 Å². The van der Waals surface area contributed by atoms with E-state index in [1.54, 1.807) is 6.08 Å². The number of rotatable bonds is 47. The monoisotopic (exact) mass is 824 g/mol. The minimum Gasteiger partial charge on any atom is -0.394 e. The highest BCUT2D eigenvalue weighted by atomic mass is 16.3. The van der Waals surface area contributed by atoms with Crippen LogP contribution in [0.4, 0.5) is 0 Å². The smallest absolute Gasteiger partial charge is 0.220 e. The highest BCUT2D eigenvalue weighted by Crippen LogP contribution is 2.16. The first-order valence-corrected chi connectivity index (χ1v) is 26.0. The van der Waals surface area contributed by atoms with Gasteiger partial charge in [0.05, 0.1) is 18.8 Å². The number of allylic oxidation sites excluding steroid dienone is 9. The van der Waals surface area contributed by atoms with Gasteiger partial charge in [0.15, 0.2) is 0 Å². The lowest BCUT2D eigenvalue weighted by Gasteiger charge is -2.19. The van der Waals surface area contributed by atoms with Crippen LogP contribution in [-0.2, 0) is 4.79 Å². The molecule has 0 fully saturated rings. The van der Waals surface area contributed by atoms with E-state index < -0.39 is 12.1 Å². The Morgan fingerprint density at radius 3 is 1.10 bits per heavy atom. The Bertz CT molecular complexity index is 981. The van der Waals surface area contributed by atoms with E-state index in [9.17, 15) is 15.0 Å². The van der Waals surface area contributed by atoms with Crippen molar-refractivity contribution in [3.8, 4) is 0 Å². The third-order valence-corrected chi connectivity index (χ3v) is 11.7. The summed E-state index contributed by atoms with van der Waals surface area (Å²) >= 11 is 0. The molecule has 1 amide bonds. The molecule has 0 aromatic heterocycles. The van der Waals surface area contributed by atoms with Gasteiger partial charge in [-0.2, -0.15) is 0 Å². The normalized spacial score (nSPS) is 13.4. The zero-order chi connectivity index (χ0) is 42.8. The lowest BCUT2D eigenvalue weighted by molar-refractivity contribution is -0.123. The number of amides is 1. The van der Waals surface area contributed by atoms with Gasteiger partial charge < -0.3 is 15.5 Å². The second-order valence-corrected chi connectivity index (χ2v) is 17.6. The molecule has 0 aliphatic carbocycles. The highest BCUT2D eigenvalue weighted by molar-refractivity contribution is 5.76. The van der Waals surface area contributed by atoms with E-state index in [0.717, 1.165) is 51.4 Å². The molecular weight excluding hydrogens is 723 g/mol. The van der Waals surface area contributed by atoms with Crippen LogP contribution in [-0.4, -0.2) is 34.9 Å². The predicted molar refractivity (Wildman–Crippen MR) is 262 cm³/mol. The summed E-state index contributed by atoms with van der Waals surface area (Å²) in [5.41, 5.74) is 0. The zero-order valence-electron chi connectivity index (χ0n) is 39.5. The molecule has 0 spiro atoms. The van der Waals surface area contributed by atoms with Crippen molar-refractivity contribution in [2.24, 2.45) is 0 Å². The largest absolute Gasteiger partial charge is 0.394 e. The quantitative estimate of drug-likeness (QED) is 0.0423. The van der Waals surface area contributed by atoms with Crippen LogP contribution in [0, 0.1) is 0 Å². The fourth-order valence-corrected chi connectivity index (χ4v) is 7.71. The molecule has 0 saturated carbocycles. The number of aliphatic hydroxyl groups excluding tert-OH is 2.